The highest BCUT2D eigenvalue weighted by Gasteiger charge is 2.11. The number of hydrogen-bond acceptors (Lipinski definition) is 4. The third-order valence-corrected chi connectivity index (χ3v) is 2.67. The number of benzene rings is 1. The maximum Gasteiger partial charge on any atom is 0.235 e. The summed E-state index contributed by atoms with van der Waals surface area (Å²) in [6, 6.07) is 4.49. The number of rotatable bonds is 4. The van der Waals surface area contributed by atoms with Crippen molar-refractivity contribution in [3.05, 3.63) is 40.8 Å². The van der Waals surface area contributed by atoms with Gasteiger partial charge in [0.2, 0.25) is 11.8 Å². The van der Waals surface area contributed by atoms with Crippen molar-refractivity contribution in [2.45, 2.75) is 26.3 Å². The lowest BCUT2D eigenvalue weighted by Crippen LogP contribution is -2.02. The summed E-state index contributed by atoms with van der Waals surface area (Å²) in [6.45, 7) is 4.15. The van der Waals surface area contributed by atoms with Crippen LogP contribution in [0.4, 0.5) is 10.1 Å². The van der Waals surface area contributed by atoms with Gasteiger partial charge in [0.15, 0.2) is 0 Å². The van der Waals surface area contributed by atoms with Gasteiger partial charge in [0, 0.05) is 5.92 Å². The van der Waals surface area contributed by atoms with Gasteiger partial charge in [-0.2, -0.15) is 0 Å². The molecule has 0 unspecified atom stereocenters. The van der Waals surface area contributed by atoms with Crippen LogP contribution in [0.3, 0.4) is 0 Å². The summed E-state index contributed by atoms with van der Waals surface area (Å²) in [5.74, 6) is 0.721. The Balaban J connectivity index is 2.07. The summed E-state index contributed by atoms with van der Waals surface area (Å²) < 4.78 is 18.9. The first-order valence-electron chi connectivity index (χ1n) is 5.58. The summed E-state index contributed by atoms with van der Waals surface area (Å²) in [5.41, 5.74) is 0.239. The normalized spacial score (nSPS) is 10.9. The first-order chi connectivity index (χ1) is 8.58. The van der Waals surface area contributed by atoms with E-state index >= 15 is 0 Å². The molecule has 0 radical (unpaired) electrons. The molecule has 0 saturated heterocycles. The van der Waals surface area contributed by atoms with Gasteiger partial charge >= 0.3 is 0 Å². The molecule has 2 aromatic rings. The molecule has 2 rings (SSSR count). The molecule has 96 valence electrons. The second-order valence-electron chi connectivity index (χ2n) is 4.14. The Labute approximate surface area is 109 Å². The van der Waals surface area contributed by atoms with Crippen molar-refractivity contribution < 1.29 is 8.81 Å². The zero-order chi connectivity index (χ0) is 13.1. The van der Waals surface area contributed by atoms with Gasteiger partial charge in [-0.1, -0.05) is 31.5 Å². The molecule has 0 atom stereocenters. The van der Waals surface area contributed by atoms with Crippen LogP contribution in [0.2, 0.25) is 5.02 Å². The molecule has 1 N–H and O–H groups in total. The molecular weight excluding hydrogens is 257 g/mol. The largest absolute Gasteiger partial charge is 0.423 e. The number of nitrogens with zero attached hydrogens (tertiary/aromatic N) is 2. The molecular formula is C12H13ClFN3O. The van der Waals surface area contributed by atoms with E-state index in [9.17, 15) is 4.39 Å². The van der Waals surface area contributed by atoms with Crippen LogP contribution < -0.4 is 5.32 Å². The molecule has 0 aliphatic carbocycles. The highest BCUT2D eigenvalue weighted by atomic mass is 35.5. The van der Waals surface area contributed by atoms with E-state index in [0.29, 0.717) is 16.8 Å². The minimum absolute atomic E-state index is 0.170. The first-order valence-corrected chi connectivity index (χ1v) is 5.96. The lowest BCUT2D eigenvalue weighted by atomic mass is 10.2. The van der Waals surface area contributed by atoms with Gasteiger partial charge < -0.3 is 9.73 Å². The third kappa shape index (κ3) is 2.79. The van der Waals surface area contributed by atoms with Gasteiger partial charge in [0.05, 0.1) is 17.3 Å². The molecule has 0 bridgehead atoms. The summed E-state index contributed by atoms with van der Waals surface area (Å²) >= 11 is 5.88. The molecule has 0 aliphatic heterocycles. The minimum atomic E-state index is -0.411. The van der Waals surface area contributed by atoms with Gasteiger partial charge in [-0.05, 0) is 12.1 Å². The Kier molecular flexibility index (Phi) is 3.81. The van der Waals surface area contributed by atoms with E-state index in [0.717, 1.165) is 0 Å². The molecule has 1 aromatic carbocycles. The van der Waals surface area contributed by atoms with Gasteiger partial charge in [-0.25, -0.2) is 4.39 Å². The van der Waals surface area contributed by atoms with Crippen molar-refractivity contribution in [3.8, 4) is 0 Å². The number of para-hydroxylation sites is 1. The highest BCUT2D eigenvalue weighted by Crippen LogP contribution is 2.25. The molecule has 0 amide bonds. The molecule has 0 aliphatic rings. The number of halogens is 2. The maximum absolute atomic E-state index is 13.5. The lowest BCUT2D eigenvalue weighted by Gasteiger charge is -2.06. The van der Waals surface area contributed by atoms with Crippen molar-refractivity contribution in [2.75, 3.05) is 5.32 Å². The van der Waals surface area contributed by atoms with E-state index in [1.54, 1.807) is 12.1 Å². The number of hydrogen-bond donors (Lipinski definition) is 1. The quantitative estimate of drug-likeness (QED) is 0.921. The van der Waals surface area contributed by atoms with Gasteiger partial charge in [-0.15, -0.1) is 10.2 Å². The average Bonchev–Trinajstić information content (AvgIpc) is 2.77. The van der Waals surface area contributed by atoms with Crippen LogP contribution in [-0.4, -0.2) is 10.2 Å². The number of anilines is 1. The molecule has 0 saturated carbocycles. The number of aromatic nitrogens is 2. The molecule has 1 heterocycles. The second-order valence-corrected chi connectivity index (χ2v) is 4.55. The van der Waals surface area contributed by atoms with Crippen LogP contribution >= 0.6 is 11.6 Å². The maximum atomic E-state index is 13.5. The van der Waals surface area contributed by atoms with Crippen LogP contribution in [-0.2, 0) is 6.54 Å². The third-order valence-electron chi connectivity index (χ3n) is 2.36. The van der Waals surface area contributed by atoms with Crippen molar-refractivity contribution in [2.24, 2.45) is 0 Å². The Morgan fingerprint density at radius 3 is 2.78 bits per heavy atom. The van der Waals surface area contributed by atoms with E-state index in [2.05, 4.69) is 15.5 Å². The van der Waals surface area contributed by atoms with Crippen molar-refractivity contribution in [3.63, 3.8) is 0 Å². The molecule has 1 aromatic heterocycles. The number of nitrogens with one attached hydrogen (secondary N) is 1. The van der Waals surface area contributed by atoms with Gasteiger partial charge in [-0.3, -0.25) is 0 Å². The Bertz CT molecular complexity index is 522. The Hall–Kier alpha value is -1.62. The summed E-state index contributed by atoms with van der Waals surface area (Å²) in [5, 5.41) is 10.9. The molecule has 18 heavy (non-hydrogen) atoms. The van der Waals surface area contributed by atoms with Gasteiger partial charge in [0.1, 0.15) is 5.82 Å². The van der Waals surface area contributed by atoms with Crippen LogP contribution in [0.15, 0.2) is 22.6 Å². The van der Waals surface area contributed by atoms with Gasteiger partial charge in [0.25, 0.3) is 0 Å². The Morgan fingerprint density at radius 2 is 2.17 bits per heavy atom. The van der Waals surface area contributed by atoms with Crippen molar-refractivity contribution in [1.82, 2.24) is 10.2 Å². The van der Waals surface area contributed by atoms with E-state index in [1.165, 1.54) is 6.07 Å². The summed E-state index contributed by atoms with van der Waals surface area (Å²) in [4.78, 5) is 0. The van der Waals surface area contributed by atoms with E-state index in [1.807, 2.05) is 13.8 Å². The molecule has 0 spiro atoms. The molecule has 0 fully saturated rings. The fraction of sp³-hybridized carbons (Fsp3) is 0.333. The predicted molar refractivity (Wildman–Crippen MR) is 67.1 cm³/mol. The van der Waals surface area contributed by atoms with Crippen molar-refractivity contribution in [1.29, 1.82) is 0 Å². The van der Waals surface area contributed by atoms with E-state index in [-0.39, 0.29) is 18.2 Å². The highest BCUT2D eigenvalue weighted by molar-refractivity contribution is 6.33. The van der Waals surface area contributed by atoms with E-state index < -0.39 is 5.82 Å². The Morgan fingerprint density at radius 1 is 1.39 bits per heavy atom. The summed E-state index contributed by atoms with van der Waals surface area (Å²) in [6.07, 6.45) is 0. The fourth-order valence-electron chi connectivity index (χ4n) is 1.40. The lowest BCUT2D eigenvalue weighted by molar-refractivity contribution is 0.437. The van der Waals surface area contributed by atoms with Crippen molar-refractivity contribution >= 4 is 17.3 Å². The smallest absolute Gasteiger partial charge is 0.235 e. The SMILES string of the molecule is CC(C)c1nnc(CNc2c(F)cccc2Cl)o1. The van der Waals surface area contributed by atoms with Crippen LogP contribution in [0.1, 0.15) is 31.5 Å². The van der Waals surface area contributed by atoms with Crippen LogP contribution in [0.25, 0.3) is 0 Å². The average molecular weight is 270 g/mol. The minimum Gasteiger partial charge on any atom is -0.423 e. The first kappa shape index (κ1) is 12.8. The van der Waals surface area contributed by atoms with E-state index in [4.69, 9.17) is 16.0 Å². The molecule has 4 nitrogen and oxygen atoms in total. The molecule has 6 heteroatoms. The van der Waals surface area contributed by atoms with Crippen LogP contribution in [0.5, 0.6) is 0 Å². The topological polar surface area (TPSA) is 51.0 Å². The predicted octanol–water partition coefficient (Wildman–Crippen LogP) is 3.60. The zero-order valence-corrected chi connectivity index (χ0v) is 10.8. The fourth-order valence-corrected chi connectivity index (χ4v) is 1.63. The standard InChI is InChI=1S/C12H13ClFN3O/c1-7(2)12-17-16-10(18-12)6-15-11-8(13)4-3-5-9(11)14/h3-5,7,15H,6H2,1-2H3. The summed E-state index contributed by atoms with van der Waals surface area (Å²) in [7, 11) is 0. The zero-order valence-electron chi connectivity index (χ0n) is 10.1. The van der Waals surface area contributed by atoms with Crippen LogP contribution in [0, 0.1) is 5.82 Å². The second kappa shape index (κ2) is 5.35. The monoisotopic (exact) mass is 269 g/mol.